The number of nitrogens with zero attached hydrogens (tertiary/aromatic N) is 1. The Labute approximate surface area is 853 Å². The number of hydrogen-bond acceptors (Lipinski definition) is 1. The molecule has 1 aliphatic rings. The smallest absolute Gasteiger partial charge is 0.0544 e. The van der Waals surface area contributed by atoms with Crippen LogP contribution in [0.1, 0.15) is 0 Å². The maximum atomic E-state index is 7.13. The molecule has 0 saturated carbocycles. The predicted octanol–water partition coefficient (Wildman–Crippen LogP) is 40.2. The summed E-state index contributed by atoms with van der Waals surface area (Å²) in [6.45, 7) is 0. The van der Waals surface area contributed by atoms with E-state index in [1.165, 1.54) is 112 Å². The van der Waals surface area contributed by atoms with Gasteiger partial charge in [-0.2, -0.15) is 10.9 Å². The fourth-order valence-electron chi connectivity index (χ4n) is 23.0. The fourth-order valence-corrected chi connectivity index (χ4v) is 27.2. The van der Waals surface area contributed by atoms with Gasteiger partial charge in [0.25, 0.3) is 0 Å². The van der Waals surface area contributed by atoms with Crippen LogP contribution >= 0.6 is 45.4 Å². The Bertz CT molecular complexity index is 9480. The number of aromatic amines is 1. The second-order valence-corrected chi connectivity index (χ2v) is 41.4. The molecule has 0 bridgehead atoms. The number of rotatable bonds is 18. The summed E-state index contributed by atoms with van der Waals surface area (Å²) in [7, 11) is -1.01. The van der Waals surface area contributed by atoms with Gasteiger partial charge in [-0.25, -0.2) is 0 Å². The number of thiophene rings is 1. The van der Waals surface area contributed by atoms with Crippen LogP contribution in [0, 0.1) is 0 Å². The zero-order valence-corrected chi connectivity index (χ0v) is 81.4. The van der Waals surface area contributed by atoms with Gasteiger partial charge in [-0.05, 0) is 268 Å². The Kier molecular flexibility index (Phi) is 21.6. The average Bonchev–Trinajstić information content (AvgIpc) is 1.43. The lowest BCUT2D eigenvalue weighted by atomic mass is 9.73. The first-order chi connectivity index (χ1) is 71.3. The fraction of sp³-hybridized carbons (Fsp3) is 0. The Hall–Kier alpha value is -17.2. The number of halogens is 2. The van der Waals surface area contributed by atoms with Gasteiger partial charge >= 0.3 is 0 Å². The van der Waals surface area contributed by atoms with Gasteiger partial charge < -0.3 is 9.55 Å². The van der Waals surface area contributed by atoms with E-state index in [0.29, 0.717) is 10.0 Å². The molecule has 144 heavy (non-hydrogen) atoms. The van der Waals surface area contributed by atoms with Crippen LogP contribution in [0.3, 0.4) is 0 Å². The zero-order chi connectivity index (χ0) is 95.4. The van der Waals surface area contributed by atoms with Crippen molar-refractivity contribution in [3.8, 4) is 195 Å². The van der Waals surface area contributed by atoms with Crippen LogP contribution in [0.4, 0.5) is 0 Å². The van der Waals surface area contributed by atoms with E-state index in [0.717, 1.165) is 161 Å². The van der Waals surface area contributed by atoms with E-state index >= 15 is 0 Å². The molecule has 1 N–H and O–H groups in total. The quantitative estimate of drug-likeness (QED) is 0.0799. The second-order valence-electron chi connectivity index (χ2n) is 37.3. The second kappa shape index (κ2) is 36.2. The highest BCUT2D eigenvalue weighted by Gasteiger charge is 2.35. The standard InChI is InChI=1S/C138H88Cl2N2S2/c139-103-75-65-97(66-76-103)131-125(91-41-17-5-18-42-91)123(89-37-13-3-14-38-89)130(128(94-47-23-8-24-48-94)134(131)100-71-81-106(82-72-100)144-121-60-28-26-50-112(121)118-86-101(74-84-122(118)144)108-52-30-56-114-113-55-29-51-107(135(113)141-136(108)114)87-33-9-1-10-34-87)96-63-61-95(62-64-96)129-124(90-39-15-4-16-40-90)126(92-43-19-6-20-44-92)133(132(98-67-77-104(140)78-68-98)127(129)93-45-21-7-22-46-93)99-69-79-105(80-70-99)142-119-59-27-25-49-111(119)117-85-102(73-83-120(117)142)110-54-32-58-116-115-57-31-53-109(137(115)143-138(110)116)88-35-11-2-12-36-88/h1-86,141,144H. The molecule has 0 aliphatic carbocycles. The third kappa shape index (κ3) is 14.7. The molecule has 0 radical (unpaired) electrons. The maximum absolute atomic E-state index is 7.13. The minimum atomic E-state index is -1.01. The van der Waals surface area contributed by atoms with E-state index in [1.54, 1.807) is 0 Å². The van der Waals surface area contributed by atoms with Crippen molar-refractivity contribution >= 4 is 109 Å². The first-order valence-corrected chi connectivity index (χ1v) is 52.0. The molecule has 0 spiro atoms. The topological polar surface area (TPSA) is 20.7 Å². The molecule has 23 aromatic carbocycles. The lowest BCUT2D eigenvalue weighted by Crippen LogP contribution is -2.03. The highest BCUT2D eigenvalue weighted by molar-refractivity contribution is 8.17. The molecular weight excluding hydrogens is 1820 g/mol. The summed E-state index contributed by atoms with van der Waals surface area (Å²) in [5, 5.41) is 8.71. The molecule has 676 valence electrons. The summed E-state index contributed by atoms with van der Waals surface area (Å²) in [6, 6.07) is 194. The van der Waals surface area contributed by atoms with E-state index in [9.17, 15) is 0 Å². The van der Waals surface area contributed by atoms with Gasteiger partial charge in [-0.15, -0.1) is 11.3 Å². The lowest BCUT2D eigenvalue weighted by molar-refractivity contribution is 1.18. The normalized spacial score (nSPS) is 12.6. The van der Waals surface area contributed by atoms with E-state index in [-0.39, 0.29) is 0 Å². The summed E-state index contributed by atoms with van der Waals surface area (Å²) in [5.74, 6) is 0. The minimum Gasteiger partial charge on any atom is -0.353 e. The number of benzene rings is 23. The Morgan fingerprint density at radius 2 is 0.451 bits per heavy atom. The number of para-hydroxylation sites is 3. The van der Waals surface area contributed by atoms with Gasteiger partial charge in [-0.3, -0.25) is 0 Å². The molecule has 27 rings (SSSR count). The van der Waals surface area contributed by atoms with Crippen molar-refractivity contribution in [2.45, 2.75) is 14.7 Å². The number of nitrogens with one attached hydrogen (secondary N) is 1. The highest BCUT2D eigenvalue weighted by atomic mass is 35.5. The van der Waals surface area contributed by atoms with Gasteiger partial charge in [0.1, 0.15) is 0 Å². The third-order valence-corrected chi connectivity index (χ3v) is 33.6. The first kappa shape index (κ1) is 86.0. The van der Waals surface area contributed by atoms with E-state index in [4.69, 9.17) is 23.2 Å². The van der Waals surface area contributed by atoms with Gasteiger partial charge in [-0.1, -0.05) is 460 Å². The SMILES string of the molecule is Clc1ccc(-c2c(-c3ccccc3)c(-c3ccc(-c4c(-c5ccccc5)c(-c5ccccc5)c(-c5ccc(Cl)cc5)c(-c5ccc([SH]6c7ccccc7-c7cc(-c8cccc9c8[nH]c8c(-c%10ccccc%10)cccc89)ccc76)cc5)c4-c4ccccc4)cc3)c(-c3ccccc3)c(-c3ccccc3)c2-c2ccc(-n3c4ccccc4c4cc(-c5cccc6c5sc5c(-c7ccccc7)cccc56)ccc43)cc2)cc1. The Balaban J connectivity index is 0.653. The predicted molar refractivity (Wildman–Crippen MR) is 616 cm³/mol. The molecule has 1 unspecified atom stereocenters. The summed E-state index contributed by atoms with van der Waals surface area (Å²) in [5.41, 5.74) is 43.9. The van der Waals surface area contributed by atoms with Crippen LogP contribution in [0.5, 0.6) is 0 Å². The van der Waals surface area contributed by atoms with Crippen LogP contribution in [0.2, 0.25) is 10.0 Å². The summed E-state index contributed by atoms with van der Waals surface area (Å²) >= 11 is 16.1. The molecule has 4 heterocycles. The van der Waals surface area contributed by atoms with Crippen molar-refractivity contribution in [3.63, 3.8) is 0 Å². The van der Waals surface area contributed by atoms with Crippen molar-refractivity contribution in [2.75, 3.05) is 0 Å². The van der Waals surface area contributed by atoms with Crippen molar-refractivity contribution in [2.24, 2.45) is 0 Å². The number of fused-ring (bicyclic) bond motifs is 12. The molecule has 0 fully saturated rings. The molecule has 2 nitrogen and oxygen atoms in total. The number of thiol groups is 1. The Morgan fingerprint density at radius 3 is 0.868 bits per heavy atom. The number of aromatic nitrogens is 2. The monoisotopic (exact) mass is 1910 g/mol. The van der Waals surface area contributed by atoms with Gasteiger partial charge in [0.05, 0.1) is 22.1 Å². The average molecular weight is 1910 g/mol. The lowest BCUT2D eigenvalue weighted by Gasteiger charge is -2.30. The van der Waals surface area contributed by atoms with Gasteiger partial charge in [0.15, 0.2) is 0 Å². The third-order valence-electron chi connectivity index (χ3n) is 29.3. The van der Waals surface area contributed by atoms with Crippen LogP contribution in [0.25, 0.3) is 259 Å². The van der Waals surface area contributed by atoms with Crippen LogP contribution < -0.4 is 0 Å². The molecule has 0 amide bonds. The first-order valence-electron chi connectivity index (χ1n) is 49.1. The van der Waals surface area contributed by atoms with Crippen molar-refractivity contribution in [1.82, 2.24) is 9.55 Å². The molecular formula is C138H88Cl2N2S2. The molecule has 6 heteroatoms. The Morgan fingerprint density at radius 1 is 0.181 bits per heavy atom. The summed E-state index contributed by atoms with van der Waals surface area (Å²) in [4.78, 5) is 7.96. The largest absolute Gasteiger partial charge is 0.353 e. The minimum absolute atomic E-state index is 0.659. The molecule has 26 aromatic rings. The molecule has 0 saturated heterocycles. The van der Waals surface area contributed by atoms with E-state index in [2.05, 4.69) is 531 Å². The van der Waals surface area contributed by atoms with Gasteiger partial charge in [0, 0.05) is 78.4 Å². The number of hydrogen-bond donors (Lipinski definition) is 2. The van der Waals surface area contributed by atoms with E-state index < -0.39 is 10.9 Å². The molecule has 1 atom stereocenters. The molecule has 1 aliphatic heterocycles. The van der Waals surface area contributed by atoms with Crippen LogP contribution in [0.15, 0.2) is 536 Å². The van der Waals surface area contributed by atoms with Crippen molar-refractivity contribution in [1.29, 1.82) is 0 Å². The highest BCUT2D eigenvalue weighted by Crippen LogP contribution is 2.65. The summed E-state index contributed by atoms with van der Waals surface area (Å²) in [6.07, 6.45) is 0. The molecule has 3 aromatic heterocycles. The van der Waals surface area contributed by atoms with Crippen molar-refractivity contribution in [3.05, 3.63) is 532 Å². The zero-order valence-electron chi connectivity index (χ0n) is 78.2. The van der Waals surface area contributed by atoms with Crippen LogP contribution in [-0.2, 0) is 0 Å². The van der Waals surface area contributed by atoms with Gasteiger partial charge in [0.2, 0.25) is 0 Å². The number of H-pyrrole nitrogens is 1. The van der Waals surface area contributed by atoms with Crippen molar-refractivity contribution < 1.29 is 0 Å². The van der Waals surface area contributed by atoms with Crippen LogP contribution in [-0.4, -0.2) is 9.55 Å². The maximum Gasteiger partial charge on any atom is 0.0544 e. The summed E-state index contributed by atoms with van der Waals surface area (Å²) < 4.78 is 5.05. The van der Waals surface area contributed by atoms with E-state index in [1.807, 2.05) is 11.3 Å².